The molecule has 1 aliphatic heterocycles. The molecular formula is C29H40N2O3S. The van der Waals surface area contributed by atoms with Crippen LogP contribution in [0.2, 0.25) is 0 Å². The molecule has 0 spiro atoms. The second-order valence-corrected chi connectivity index (χ2v) is 11.4. The first kappa shape index (κ1) is 25.7. The van der Waals surface area contributed by atoms with E-state index in [1.807, 2.05) is 21.9 Å². The van der Waals surface area contributed by atoms with E-state index < -0.39 is 0 Å². The largest absolute Gasteiger partial charge is 0.491 e. The first-order chi connectivity index (χ1) is 16.9. The van der Waals surface area contributed by atoms with Gasteiger partial charge in [0, 0.05) is 23.4 Å². The normalized spacial score (nSPS) is 19.0. The Morgan fingerprint density at radius 1 is 1.11 bits per heavy atom. The van der Waals surface area contributed by atoms with Crippen LogP contribution in [0.5, 0.6) is 5.75 Å². The van der Waals surface area contributed by atoms with Crippen molar-refractivity contribution >= 4 is 23.2 Å². The Kier molecular flexibility index (Phi) is 8.53. The lowest BCUT2D eigenvalue weighted by molar-refractivity contribution is -0.146. The average molecular weight is 497 g/mol. The van der Waals surface area contributed by atoms with Crippen LogP contribution in [-0.2, 0) is 16.0 Å². The zero-order valence-corrected chi connectivity index (χ0v) is 22.5. The molecule has 1 saturated carbocycles. The number of benzene rings is 1. The summed E-state index contributed by atoms with van der Waals surface area (Å²) in [6.07, 6.45) is 5.84. The summed E-state index contributed by atoms with van der Waals surface area (Å²) in [5, 5.41) is 2.11. The minimum Gasteiger partial charge on any atom is -0.491 e. The lowest BCUT2D eigenvalue weighted by Crippen LogP contribution is -2.51. The third-order valence-electron chi connectivity index (χ3n) is 7.79. The number of nitrogens with zero attached hydrogens (tertiary/aromatic N) is 2. The number of thiophene rings is 1. The molecule has 0 bridgehead atoms. The maximum atomic E-state index is 13.7. The lowest BCUT2D eigenvalue weighted by atomic mass is 10.00. The van der Waals surface area contributed by atoms with Gasteiger partial charge in [0.15, 0.2) is 0 Å². The molecule has 1 fully saturated rings. The Bertz CT molecular complexity index is 994. The van der Waals surface area contributed by atoms with Crippen LogP contribution >= 0.6 is 11.3 Å². The Balaban J connectivity index is 1.49. The van der Waals surface area contributed by atoms with Crippen LogP contribution < -0.4 is 4.74 Å². The third kappa shape index (κ3) is 5.91. The Labute approximate surface area is 214 Å². The van der Waals surface area contributed by atoms with E-state index in [0.29, 0.717) is 19.1 Å². The van der Waals surface area contributed by atoms with Crippen molar-refractivity contribution in [2.24, 2.45) is 5.92 Å². The topological polar surface area (TPSA) is 49.9 Å². The summed E-state index contributed by atoms with van der Waals surface area (Å²) >= 11 is 1.76. The van der Waals surface area contributed by atoms with Crippen molar-refractivity contribution in [2.75, 3.05) is 19.7 Å². The molecular weight excluding hydrogens is 456 g/mol. The molecule has 1 aromatic heterocycles. The van der Waals surface area contributed by atoms with Gasteiger partial charge in [0.05, 0.1) is 6.04 Å². The van der Waals surface area contributed by atoms with E-state index in [-0.39, 0.29) is 36.4 Å². The third-order valence-corrected chi connectivity index (χ3v) is 8.78. The minimum atomic E-state index is -0.136. The maximum Gasteiger partial charge on any atom is 0.242 e. The predicted molar refractivity (Wildman–Crippen MR) is 142 cm³/mol. The number of carbonyl (C=O) groups is 2. The molecule has 2 amide bonds. The van der Waals surface area contributed by atoms with Crippen LogP contribution in [0.4, 0.5) is 0 Å². The molecule has 0 radical (unpaired) electrons. The molecule has 1 aromatic carbocycles. The number of ether oxygens (including phenoxy) is 1. The van der Waals surface area contributed by atoms with E-state index in [0.717, 1.165) is 44.3 Å². The number of rotatable bonds is 9. The fraction of sp³-hybridized carbons (Fsp3) is 0.586. The summed E-state index contributed by atoms with van der Waals surface area (Å²) in [6.45, 7) is 9.75. The number of carbonyl (C=O) groups excluding carboxylic acids is 2. The summed E-state index contributed by atoms with van der Waals surface area (Å²) in [6, 6.07) is 10.3. The molecule has 2 atom stereocenters. The summed E-state index contributed by atoms with van der Waals surface area (Å²) in [5.41, 5.74) is 2.47. The molecule has 190 valence electrons. The predicted octanol–water partition coefficient (Wildman–Crippen LogP) is 6.19. The van der Waals surface area contributed by atoms with E-state index >= 15 is 0 Å². The Morgan fingerprint density at radius 3 is 2.49 bits per heavy atom. The van der Waals surface area contributed by atoms with Gasteiger partial charge in [0.1, 0.15) is 18.9 Å². The van der Waals surface area contributed by atoms with Crippen LogP contribution in [-0.4, -0.2) is 47.4 Å². The standard InChI is InChI=1S/C29H40N2O3S/c1-5-21(4)31(29(33)23-8-6-7-9-23)18-28(32)30-16-14-27-25(15-17-35-27)26(30)19-34-24-12-10-22(11-13-24)20(2)3/h10-13,15,17,20-21,23,26H,5-9,14,16,18-19H2,1-4H3/t21-,26-/m1/s1. The van der Waals surface area contributed by atoms with Crippen molar-refractivity contribution in [2.45, 2.75) is 84.2 Å². The average Bonchev–Trinajstić information content (AvgIpc) is 3.57. The van der Waals surface area contributed by atoms with Gasteiger partial charge in [-0.2, -0.15) is 0 Å². The van der Waals surface area contributed by atoms with Crippen LogP contribution in [0.3, 0.4) is 0 Å². The van der Waals surface area contributed by atoms with E-state index in [2.05, 4.69) is 51.3 Å². The van der Waals surface area contributed by atoms with Crippen LogP contribution in [0.15, 0.2) is 35.7 Å². The van der Waals surface area contributed by atoms with Gasteiger partial charge < -0.3 is 14.5 Å². The summed E-state index contributed by atoms with van der Waals surface area (Å²) in [4.78, 5) is 32.2. The van der Waals surface area contributed by atoms with Crippen molar-refractivity contribution in [3.63, 3.8) is 0 Å². The fourth-order valence-corrected chi connectivity index (χ4v) is 6.24. The highest BCUT2D eigenvalue weighted by molar-refractivity contribution is 7.10. The van der Waals surface area contributed by atoms with Crippen LogP contribution in [0.1, 0.15) is 87.8 Å². The summed E-state index contributed by atoms with van der Waals surface area (Å²) < 4.78 is 6.22. The second kappa shape index (κ2) is 11.6. The van der Waals surface area contributed by atoms with Gasteiger partial charge in [-0.1, -0.05) is 45.7 Å². The first-order valence-electron chi connectivity index (χ1n) is 13.3. The molecule has 35 heavy (non-hydrogen) atoms. The van der Waals surface area contributed by atoms with Crippen LogP contribution in [0, 0.1) is 5.92 Å². The van der Waals surface area contributed by atoms with Gasteiger partial charge in [0.25, 0.3) is 0 Å². The molecule has 4 rings (SSSR count). The zero-order chi connectivity index (χ0) is 24.9. The number of amides is 2. The molecule has 2 heterocycles. The monoisotopic (exact) mass is 496 g/mol. The highest BCUT2D eigenvalue weighted by Crippen LogP contribution is 2.35. The Hall–Kier alpha value is -2.34. The lowest BCUT2D eigenvalue weighted by Gasteiger charge is -2.38. The molecule has 0 unspecified atom stereocenters. The van der Waals surface area contributed by atoms with Gasteiger partial charge >= 0.3 is 0 Å². The van der Waals surface area contributed by atoms with Gasteiger partial charge in [-0.3, -0.25) is 9.59 Å². The number of hydrogen-bond donors (Lipinski definition) is 0. The first-order valence-corrected chi connectivity index (χ1v) is 14.2. The van der Waals surface area contributed by atoms with Crippen LogP contribution in [0.25, 0.3) is 0 Å². The molecule has 2 aromatic rings. The molecule has 0 saturated heterocycles. The quantitative estimate of drug-likeness (QED) is 0.416. The molecule has 2 aliphatic rings. The van der Waals surface area contributed by atoms with Gasteiger partial charge in [0.2, 0.25) is 11.8 Å². The SMILES string of the molecule is CC[C@@H](C)N(CC(=O)N1CCc2sccc2[C@H]1COc1ccc(C(C)C)cc1)C(=O)C1CCCC1. The van der Waals surface area contributed by atoms with Gasteiger partial charge in [-0.05, 0) is 73.2 Å². The van der Waals surface area contributed by atoms with E-state index in [4.69, 9.17) is 4.74 Å². The minimum absolute atomic E-state index is 0.0252. The van der Waals surface area contributed by atoms with Crippen molar-refractivity contribution in [3.05, 3.63) is 51.7 Å². The zero-order valence-electron chi connectivity index (χ0n) is 21.7. The van der Waals surface area contributed by atoms with E-state index in [1.165, 1.54) is 16.0 Å². The highest BCUT2D eigenvalue weighted by atomic mass is 32.1. The number of fused-ring (bicyclic) bond motifs is 1. The van der Waals surface area contributed by atoms with Crippen molar-refractivity contribution in [1.29, 1.82) is 0 Å². The highest BCUT2D eigenvalue weighted by Gasteiger charge is 2.36. The molecule has 1 aliphatic carbocycles. The van der Waals surface area contributed by atoms with Crippen molar-refractivity contribution in [1.82, 2.24) is 9.80 Å². The van der Waals surface area contributed by atoms with Crippen molar-refractivity contribution < 1.29 is 14.3 Å². The van der Waals surface area contributed by atoms with E-state index in [9.17, 15) is 9.59 Å². The van der Waals surface area contributed by atoms with Gasteiger partial charge in [-0.25, -0.2) is 0 Å². The second-order valence-electron chi connectivity index (χ2n) is 10.4. The molecule has 5 nitrogen and oxygen atoms in total. The van der Waals surface area contributed by atoms with Gasteiger partial charge in [-0.15, -0.1) is 11.3 Å². The fourth-order valence-electron chi connectivity index (χ4n) is 5.31. The van der Waals surface area contributed by atoms with Crippen molar-refractivity contribution in [3.8, 4) is 5.75 Å². The summed E-state index contributed by atoms with van der Waals surface area (Å²) in [5.74, 6) is 1.56. The maximum absolute atomic E-state index is 13.7. The van der Waals surface area contributed by atoms with E-state index in [1.54, 1.807) is 11.3 Å². The Morgan fingerprint density at radius 2 is 1.83 bits per heavy atom. The number of hydrogen-bond acceptors (Lipinski definition) is 4. The summed E-state index contributed by atoms with van der Waals surface area (Å²) in [7, 11) is 0. The molecule has 0 N–H and O–H groups in total. The smallest absolute Gasteiger partial charge is 0.242 e. The molecule has 6 heteroatoms.